The largest absolute Gasteiger partial charge is 0.744 e. The number of allylic oxidation sites excluding steroid dienone is 4. The third kappa shape index (κ3) is 9.15. The summed E-state index contributed by atoms with van der Waals surface area (Å²) in [5, 5.41) is 2.64. The minimum Gasteiger partial charge on any atom is -0.744 e. The first kappa shape index (κ1) is 39.9. The van der Waals surface area contributed by atoms with E-state index in [1.807, 2.05) is 44.7 Å². The molecule has 2 aliphatic heterocycles. The molecule has 0 aliphatic carbocycles. The Morgan fingerprint density at radius 3 is 2.24 bits per heavy atom. The lowest BCUT2D eigenvalue weighted by molar-refractivity contribution is -0.438. The van der Waals surface area contributed by atoms with Crippen LogP contribution >= 0.6 is 0 Å². The van der Waals surface area contributed by atoms with Crippen molar-refractivity contribution in [1.82, 2.24) is 5.32 Å². The number of terminal acetylenes is 1. The SMILES string of the molecule is C#CCNC(=O)CCCCC[N+]1=C(/C=C/C=C2\N(CCCS(=O)(=O)O)c3ccc(S(=O)(=O)O)cc3C2(C)C)C(C)(C)c2cc(S(=O)(=O)[O-])ccc21. The number of hydrogen-bond acceptors (Lipinski definition) is 9. The molecule has 2 aliphatic rings. The van der Waals surface area contributed by atoms with Gasteiger partial charge >= 0.3 is 0 Å². The molecule has 51 heavy (non-hydrogen) atoms. The molecule has 4 rings (SSSR count). The van der Waals surface area contributed by atoms with Gasteiger partial charge < -0.3 is 14.8 Å². The number of amides is 1. The zero-order valence-corrected chi connectivity index (χ0v) is 31.4. The summed E-state index contributed by atoms with van der Waals surface area (Å²) in [5.74, 6) is 1.75. The zero-order chi connectivity index (χ0) is 38.0. The van der Waals surface area contributed by atoms with E-state index >= 15 is 0 Å². The third-order valence-corrected chi connectivity index (χ3v) is 11.8. The topological polar surface area (TPSA) is 201 Å². The monoisotopic (exact) mass is 761 g/mol. The molecule has 1 amide bonds. The molecule has 0 bridgehead atoms. The van der Waals surface area contributed by atoms with Gasteiger partial charge in [0, 0.05) is 53.9 Å². The summed E-state index contributed by atoms with van der Waals surface area (Å²) >= 11 is 0. The summed E-state index contributed by atoms with van der Waals surface area (Å²) in [4.78, 5) is 13.2. The molecule has 0 atom stereocenters. The summed E-state index contributed by atoms with van der Waals surface area (Å²) in [5.41, 5.74) is 2.55. The lowest BCUT2D eigenvalue weighted by atomic mass is 9.81. The standard InChI is InChI=1S/C35H43N3O10S3/c1-6-19-36-33(39)14-8-7-9-20-37-29-17-15-25(50(43,44)45)23-27(29)34(2,3)31(37)12-10-13-32-35(4,5)28-24-26(51(46,47)48)16-18-30(28)38(32)21-11-22-49(40,41)42/h1,10,12-13,15-18,23-24H,7-9,11,14,19-22H2,2-5H3,(H3-,36,39,40,41,42,43,44,45,46,47,48). The fourth-order valence-electron chi connectivity index (χ4n) is 6.71. The van der Waals surface area contributed by atoms with Crippen LogP contribution in [-0.2, 0) is 46.0 Å². The van der Waals surface area contributed by atoms with Gasteiger partial charge in [-0.3, -0.25) is 13.9 Å². The molecular weight excluding hydrogens is 719 g/mol. The van der Waals surface area contributed by atoms with Crippen molar-refractivity contribution in [2.75, 3.05) is 30.3 Å². The Balaban J connectivity index is 1.73. The van der Waals surface area contributed by atoms with E-state index in [2.05, 4.69) is 15.8 Å². The van der Waals surface area contributed by atoms with Gasteiger partial charge in [0.05, 0.1) is 27.5 Å². The third-order valence-electron chi connectivity index (χ3n) is 9.28. The molecule has 0 unspecified atom stereocenters. The van der Waals surface area contributed by atoms with Crippen LogP contribution in [0.1, 0.15) is 70.9 Å². The van der Waals surface area contributed by atoms with Crippen LogP contribution in [0.25, 0.3) is 0 Å². The van der Waals surface area contributed by atoms with Crippen LogP contribution < -0.4 is 10.2 Å². The number of hydrogen-bond donors (Lipinski definition) is 3. The van der Waals surface area contributed by atoms with Crippen LogP contribution in [-0.4, -0.2) is 80.5 Å². The highest BCUT2D eigenvalue weighted by Gasteiger charge is 2.45. The summed E-state index contributed by atoms with van der Waals surface area (Å²) in [6.45, 7) is 8.45. The van der Waals surface area contributed by atoms with Crippen molar-refractivity contribution in [2.45, 2.75) is 80.4 Å². The Labute approximate surface area is 300 Å². The minimum atomic E-state index is -4.72. The van der Waals surface area contributed by atoms with Crippen LogP contribution in [0, 0.1) is 12.3 Å². The van der Waals surface area contributed by atoms with E-state index in [1.165, 1.54) is 24.3 Å². The Kier molecular flexibility index (Phi) is 11.8. The first-order valence-electron chi connectivity index (χ1n) is 16.3. The van der Waals surface area contributed by atoms with Crippen molar-refractivity contribution in [3.8, 4) is 12.3 Å². The van der Waals surface area contributed by atoms with Gasteiger partial charge in [0.2, 0.25) is 11.6 Å². The van der Waals surface area contributed by atoms with Crippen LogP contribution in [0.4, 0.5) is 11.4 Å². The van der Waals surface area contributed by atoms with Crippen molar-refractivity contribution in [3.63, 3.8) is 0 Å². The zero-order valence-electron chi connectivity index (χ0n) is 28.9. The molecule has 16 heteroatoms. The van der Waals surface area contributed by atoms with Crippen molar-refractivity contribution >= 4 is 53.3 Å². The van der Waals surface area contributed by atoms with Gasteiger partial charge in [-0.05, 0) is 75.1 Å². The first-order chi connectivity index (χ1) is 23.6. The number of nitrogens with zero attached hydrogens (tertiary/aromatic N) is 2. The molecule has 2 heterocycles. The second-order valence-corrected chi connectivity index (χ2v) is 17.9. The molecule has 2 aromatic carbocycles. The van der Waals surface area contributed by atoms with E-state index in [0.717, 1.165) is 17.8 Å². The molecule has 276 valence electrons. The first-order valence-corrected chi connectivity index (χ1v) is 20.7. The molecule has 0 fully saturated rings. The fraction of sp³-hybridized carbons (Fsp3) is 0.429. The van der Waals surface area contributed by atoms with E-state index in [9.17, 15) is 43.7 Å². The number of unbranched alkanes of at least 4 members (excludes halogenated alkanes) is 2. The van der Waals surface area contributed by atoms with Gasteiger partial charge in [0.15, 0.2) is 5.71 Å². The molecule has 0 aromatic heterocycles. The molecule has 0 spiro atoms. The molecular formula is C35H43N3O10S3. The van der Waals surface area contributed by atoms with Crippen LogP contribution in [0.5, 0.6) is 0 Å². The van der Waals surface area contributed by atoms with Gasteiger partial charge in [-0.15, -0.1) is 6.42 Å². The molecule has 2 aromatic rings. The number of carbonyl (C=O) groups excluding carboxylic acids is 1. The maximum Gasteiger partial charge on any atom is 0.294 e. The van der Waals surface area contributed by atoms with E-state index in [0.29, 0.717) is 48.3 Å². The molecule has 0 saturated heterocycles. The highest BCUT2D eigenvalue weighted by Crippen LogP contribution is 2.49. The number of nitrogens with one attached hydrogen (secondary N) is 1. The quantitative estimate of drug-likeness (QED) is 0.102. The highest BCUT2D eigenvalue weighted by atomic mass is 32.2. The van der Waals surface area contributed by atoms with Crippen molar-refractivity contribution in [2.24, 2.45) is 0 Å². The number of carbonyl (C=O) groups is 1. The molecule has 13 nitrogen and oxygen atoms in total. The van der Waals surface area contributed by atoms with Crippen molar-refractivity contribution in [3.05, 3.63) is 71.5 Å². The number of anilines is 1. The van der Waals surface area contributed by atoms with Gasteiger partial charge in [0.25, 0.3) is 20.2 Å². The lowest BCUT2D eigenvalue weighted by Gasteiger charge is -2.27. The Hall–Kier alpha value is -3.85. The van der Waals surface area contributed by atoms with Gasteiger partial charge in [-0.25, -0.2) is 8.42 Å². The molecule has 3 N–H and O–H groups in total. The fourth-order valence-corrected chi connectivity index (χ4v) is 8.21. The van der Waals surface area contributed by atoms with Gasteiger partial charge in [-0.2, -0.15) is 21.4 Å². The summed E-state index contributed by atoms with van der Waals surface area (Å²) < 4.78 is 104. The lowest BCUT2D eigenvalue weighted by Crippen LogP contribution is -2.29. The smallest absolute Gasteiger partial charge is 0.294 e. The van der Waals surface area contributed by atoms with E-state index in [-0.39, 0.29) is 35.2 Å². The van der Waals surface area contributed by atoms with E-state index < -0.39 is 46.9 Å². The maximum absolute atomic E-state index is 12.0. The highest BCUT2D eigenvalue weighted by molar-refractivity contribution is 7.86. The summed E-state index contributed by atoms with van der Waals surface area (Å²) in [6, 6.07) is 8.52. The van der Waals surface area contributed by atoms with E-state index in [1.54, 1.807) is 18.2 Å². The second-order valence-electron chi connectivity index (χ2n) is 13.6. The minimum absolute atomic E-state index is 0.0689. The number of fused-ring (bicyclic) bond motifs is 2. The van der Waals surface area contributed by atoms with Crippen LogP contribution in [0.2, 0.25) is 0 Å². The van der Waals surface area contributed by atoms with Crippen LogP contribution in [0.15, 0.2) is 70.1 Å². The van der Waals surface area contributed by atoms with Crippen molar-refractivity contribution in [1.29, 1.82) is 0 Å². The second kappa shape index (κ2) is 15.0. The van der Waals surface area contributed by atoms with Crippen molar-refractivity contribution < 1.29 is 48.3 Å². The number of benzene rings is 2. The van der Waals surface area contributed by atoms with Gasteiger partial charge in [0.1, 0.15) is 16.7 Å². The summed E-state index contributed by atoms with van der Waals surface area (Å²) in [7, 11) is -13.5. The number of rotatable bonds is 15. The normalized spacial score (nSPS) is 17.5. The average molecular weight is 762 g/mol. The van der Waals surface area contributed by atoms with E-state index in [4.69, 9.17) is 6.42 Å². The molecule has 0 radical (unpaired) electrons. The maximum atomic E-state index is 12.0. The predicted octanol–water partition coefficient (Wildman–Crippen LogP) is 4.04. The Bertz CT molecular complexity index is 2180. The van der Waals surface area contributed by atoms with Gasteiger partial charge in [-0.1, -0.05) is 25.8 Å². The molecule has 0 saturated carbocycles. The summed E-state index contributed by atoms with van der Waals surface area (Å²) in [6.07, 6.45) is 13.2. The predicted molar refractivity (Wildman–Crippen MR) is 192 cm³/mol. The average Bonchev–Trinajstić information content (AvgIpc) is 3.36. The Morgan fingerprint density at radius 2 is 1.61 bits per heavy atom. The van der Waals surface area contributed by atoms with Crippen LogP contribution in [0.3, 0.4) is 0 Å². The Morgan fingerprint density at radius 1 is 0.941 bits per heavy atom.